The molecule has 0 bridgehead atoms. The Hall–Kier alpha value is -9.59. The van der Waals surface area contributed by atoms with E-state index in [0.717, 1.165) is 110 Å². The summed E-state index contributed by atoms with van der Waals surface area (Å²) in [5, 5.41) is 8.87. The van der Waals surface area contributed by atoms with E-state index in [1.165, 1.54) is 10.8 Å². The zero-order valence-electron chi connectivity index (χ0n) is 37.5. The van der Waals surface area contributed by atoms with E-state index in [4.69, 9.17) is 19.4 Å². The van der Waals surface area contributed by atoms with Gasteiger partial charge >= 0.3 is 0 Å². The van der Waals surface area contributed by atoms with Gasteiger partial charge in [0.2, 0.25) is 5.95 Å². The van der Waals surface area contributed by atoms with E-state index in [1.54, 1.807) is 0 Å². The first kappa shape index (κ1) is 38.5. The first-order valence-corrected chi connectivity index (χ1v) is 23.6. The normalized spacial score (nSPS) is 12.0. The maximum atomic E-state index is 6.43. The predicted octanol–water partition coefficient (Wildman–Crippen LogP) is 16.1. The van der Waals surface area contributed by atoms with Crippen molar-refractivity contribution in [1.29, 1.82) is 0 Å². The standard InChI is InChI=1S/C63H38N6O/c1-3-17-39(18-4-1)41-21-15-22-42(37-41)68-54-30-13-9-25-46(54)47-34-35-48-51-38-43(67-52-28-11-7-23-44(52)45-24-8-12-29-53(45)67)33-36-55(51)69(60(48)59(47)68)63-65-61(40-19-5-2-6-20-40)64-62(66-63)50-27-16-32-57-58(50)49-26-10-14-31-56(49)70-57/h1-38H. The van der Waals surface area contributed by atoms with E-state index in [2.05, 4.69) is 196 Å². The lowest BCUT2D eigenvalue weighted by molar-refractivity contribution is 0.669. The molecule has 326 valence electrons. The number of aromatic nitrogens is 6. The highest BCUT2D eigenvalue weighted by Gasteiger charge is 2.25. The van der Waals surface area contributed by atoms with Gasteiger partial charge in [0.05, 0.1) is 33.1 Å². The van der Waals surface area contributed by atoms with Crippen LogP contribution in [0.4, 0.5) is 0 Å². The van der Waals surface area contributed by atoms with Gasteiger partial charge in [-0.25, -0.2) is 4.98 Å². The largest absolute Gasteiger partial charge is 0.456 e. The Labute approximate surface area is 400 Å². The molecule has 0 aliphatic heterocycles. The fourth-order valence-electron chi connectivity index (χ4n) is 11.1. The van der Waals surface area contributed by atoms with Crippen molar-refractivity contribution in [2.45, 2.75) is 0 Å². The van der Waals surface area contributed by atoms with E-state index in [1.807, 2.05) is 48.5 Å². The highest BCUT2D eigenvalue weighted by atomic mass is 16.3. The zero-order chi connectivity index (χ0) is 45.9. The first-order valence-electron chi connectivity index (χ1n) is 23.6. The van der Waals surface area contributed by atoms with Gasteiger partial charge in [0, 0.05) is 65.6 Å². The molecule has 5 heterocycles. The minimum absolute atomic E-state index is 0.514. The summed E-state index contributed by atoms with van der Waals surface area (Å²) >= 11 is 0. The van der Waals surface area contributed by atoms with Gasteiger partial charge in [-0.15, -0.1) is 0 Å². The lowest BCUT2D eigenvalue weighted by Crippen LogP contribution is -2.07. The van der Waals surface area contributed by atoms with Crippen LogP contribution in [0.15, 0.2) is 235 Å². The van der Waals surface area contributed by atoms with E-state index >= 15 is 0 Å². The Kier molecular flexibility index (Phi) is 8.23. The van der Waals surface area contributed by atoms with Crippen molar-refractivity contribution in [2.75, 3.05) is 0 Å². The van der Waals surface area contributed by atoms with Crippen molar-refractivity contribution in [3.8, 4) is 51.2 Å². The van der Waals surface area contributed by atoms with Crippen LogP contribution >= 0.6 is 0 Å². The average molecular weight is 895 g/mol. The molecule has 0 saturated heterocycles. The van der Waals surface area contributed by atoms with Crippen LogP contribution < -0.4 is 0 Å². The van der Waals surface area contributed by atoms with Gasteiger partial charge in [-0.2, -0.15) is 9.97 Å². The maximum absolute atomic E-state index is 6.43. The molecule has 0 atom stereocenters. The third kappa shape index (κ3) is 5.66. The summed E-state index contributed by atoms with van der Waals surface area (Å²) < 4.78 is 13.5. The summed E-state index contributed by atoms with van der Waals surface area (Å²) in [6.45, 7) is 0. The SMILES string of the molecule is c1ccc(-c2cccc(-n3c4ccccc4c4ccc5c6cc(-n7c8ccccc8c8ccccc87)ccc6n(-c6nc(-c7ccccc7)nc(-c7cccc8oc9ccccc9c78)n6)c5c43)c2)cc1. The minimum atomic E-state index is 0.514. The van der Waals surface area contributed by atoms with Gasteiger partial charge in [-0.3, -0.25) is 4.57 Å². The third-order valence-corrected chi connectivity index (χ3v) is 14.1. The van der Waals surface area contributed by atoms with Crippen LogP contribution in [0, 0.1) is 0 Å². The van der Waals surface area contributed by atoms with Gasteiger partial charge in [0.25, 0.3) is 0 Å². The smallest absolute Gasteiger partial charge is 0.238 e. The molecule has 15 rings (SSSR count). The number of hydrogen-bond donors (Lipinski definition) is 0. The summed E-state index contributed by atoms with van der Waals surface area (Å²) in [5.74, 6) is 1.65. The molecule has 0 saturated carbocycles. The van der Waals surface area contributed by atoms with Crippen LogP contribution in [0.5, 0.6) is 0 Å². The molecule has 0 unspecified atom stereocenters. The molecule has 0 aliphatic rings. The molecule has 0 amide bonds. The lowest BCUT2D eigenvalue weighted by Gasteiger charge is -2.14. The molecular formula is C63H38N6O. The van der Waals surface area contributed by atoms with E-state index < -0.39 is 0 Å². The highest BCUT2D eigenvalue weighted by Crippen LogP contribution is 2.44. The number of benzene rings is 10. The summed E-state index contributed by atoms with van der Waals surface area (Å²) in [4.78, 5) is 16.3. The molecule has 5 aromatic heterocycles. The highest BCUT2D eigenvalue weighted by molar-refractivity contribution is 6.24. The minimum Gasteiger partial charge on any atom is -0.456 e. The Morgan fingerprint density at radius 2 is 0.829 bits per heavy atom. The van der Waals surface area contributed by atoms with E-state index in [9.17, 15) is 0 Å². The van der Waals surface area contributed by atoms with Gasteiger partial charge in [0.15, 0.2) is 11.6 Å². The molecule has 15 aromatic rings. The number of hydrogen-bond acceptors (Lipinski definition) is 4. The third-order valence-electron chi connectivity index (χ3n) is 14.1. The first-order chi connectivity index (χ1) is 34.7. The summed E-state index contributed by atoms with van der Waals surface area (Å²) in [5.41, 5.74) is 14.2. The fourth-order valence-corrected chi connectivity index (χ4v) is 11.1. The Morgan fingerprint density at radius 1 is 0.300 bits per heavy atom. The van der Waals surface area contributed by atoms with Crippen molar-refractivity contribution in [1.82, 2.24) is 28.7 Å². The van der Waals surface area contributed by atoms with Crippen molar-refractivity contribution >= 4 is 87.4 Å². The van der Waals surface area contributed by atoms with Crippen molar-refractivity contribution < 1.29 is 4.42 Å². The molecule has 7 nitrogen and oxygen atoms in total. The van der Waals surface area contributed by atoms with Crippen LogP contribution in [0.2, 0.25) is 0 Å². The summed E-state index contributed by atoms with van der Waals surface area (Å²) in [6, 6.07) is 81.5. The van der Waals surface area contributed by atoms with E-state index in [-0.39, 0.29) is 0 Å². The molecular weight excluding hydrogens is 857 g/mol. The predicted molar refractivity (Wildman–Crippen MR) is 286 cm³/mol. The number of nitrogens with zero attached hydrogens (tertiary/aromatic N) is 6. The second-order valence-corrected chi connectivity index (χ2v) is 18.0. The quantitative estimate of drug-likeness (QED) is 0.167. The number of furan rings is 1. The lowest BCUT2D eigenvalue weighted by atomic mass is 10.1. The molecule has 70 heavy (non-hydrogen) atoms. The Balaban J connectivity index is 1.10. The molecule has 0 aliphatic carbocycles. The molecule has 7 heteroatoms. The van der Waals surface area contributed by atoms with Crippen molar-refractivity contribution in [3.05, 3.63) is 231 Å². The van der Waals surface area contributed by atoms with E-state index in [0.29, 0.717) is 17.6 Å². The van der Waals surface area contributed by atoms with Gasteiger partial charge in [-0.05, 0) is 71.8 Å². The summed E-state index contributed by atoms with van der Waals surface area (Å²) in [7, 11) is 0. The van der Waals surface area contributed by atoms with Crippen LogP contribution in [-0.2, 0) is 0 Å². The summed E-state index contributed by atoms with van der Waals surface area (Å²) in [6.07, 6.45) is 0. The second kappa shape index (κ2) is 15.0. The van der Waals surface area contributed by atoms with Gasteiger partial charge in [-0.1, -0.05) is 170 Å². The Bertz CT molecular complexity index is 4540. The van der Waals surface area contributed by atoms with Crippen LogP contribution in [0.25, 0.3) is 139 Å². The number of fused-ring (bicyclic) bond motifs is 13. The zero-order valence-corrected chi connectivity index (χ0v) is 37.5. The molecule has 10 aromatic carbocycles. The Morgan fingerprint density at radius 3 is 1.57 bits per heavy atom. The number of rotatable bonds is 6. The molecule has 0 N–H and O–H groups in total. The topological polar surface area (TPSA) is 66.6 Å². The average Bonchev–Trinajstić information content (AvgIpc) is 4.18. The van der Waals surface area contributed by atoms with Crippen molar-refractivity contribution in [2.24, 2.45) is 0 Å². The van der Waals surface area contributed by atoms with Crippen LogP contribution in [-0.4, -0.2) is 28.7 Å². The molecule has 0 spiro atoms. The number of para-hydroxylation sites is 4. The molecule has 0 fully saturated rings. The van der Waals surface area contributed by atoms with Crippen LogP contribution in [0.3, 0.4) is 0 Å². The van der Waals surface area contributed by atoms with Crippen molar-refractivity contribution in [3.63, 3.8) is 0 Å². The monoisotopic (exact) mass is 894 g/mol. The molecule has 0 radical (unpaired) electrons. The van der Waals surface area contributed by atoms with Gasteiger partial charge < -0.3 is 13.6 Å². The van der Waals surface area contributed by atoms with Crippen LogP contribution in [0.1, 0.15) is 0 Å². The van der Waals surface area contributed by atoms with Gasteiger partial charge in [0.1, 0.15) is 11.2 Å². The fraction of sp³-hybridized carbons (Fsp3) is 0. The maximum Gasteiger partial charge on any atom is 0.238 e. The second-order valence-electron chi connectivity index (χ2n) is 18.0.